The Bertz CT molecular complexity index is 1010. The zero-order valence-corrected chi connectivity index (χ0v) is 15.8. The van der Waals surface area contributed by atoms with Gasteiger partial charge in [0.2, 0.25) is 0 Å². The van der Waals surface area contributed by atoms with Crippen molar-refractivity contribution in [2.75, 3.05) is 18.0 Å². The van der Waals surface area contributed by atoms with Crippen LogP contribution in [0, 0.1) is 19.8 Å². The molecule has 1 aliphatic heterocycles. The van der Waals surface area contributed by atoms with E-state index in [9.17, 15) is 4.79 Å². The van der Waals surface area contributed by atoms with Gasteiger partial charge in [-0.2, -0.15) is 5.10 Å². The van der Waals surface area contributed by atoms with Crippen LogP contribution < -0.4 is 10.5 Å². The Hall–Kier alpha value is -2.96. The second-order valence-electron chi connectivity index (χ2n) is 7.30. The lowest BCUT2D eigenvalue weighted by Gasteiger charge is -2.17. The quantitative estimate of drug-likeness (QED) is 0.708. The number of aromatic nitrogens is 4. The second-order valence-corrected chi connectivity index (χ2v) is 7.30. The molecule has 3 aromatic rings. The van der Waals surface area contributed by atoms with Crippen LogP contribution in [-0.4, -0.2) is 33.0 Å². The third-order valence-electron chi connectivity index (χ3n) is 5.12. The Labute approximate surface area is 157 Å². The molecule has 7 nitrogen and oxygen atoms in total. The van der Waals surface area contributed by atoms with Crippen molar-refractivity contribution >= 4 is 5.69 Å². The summed E-state index contributed by atoms with van der Waals surface area (Å²) in [5.74, 6) is 1.33. The van der Waals surface area contributed by atoms with Gasteiger partial charge in [0, 0.05) is 42.2 Å². The van der Waals surface area contributed by atoms with Gasteiger partial charge in [-0.3, -0.25) is 9.78 Å². The predicted molar refractivity (Wildman–Crippen MR) is 103 cm³/mol. The first-order valence-corrected chi connectivity index (χ1v) is 9.21. The molecule has 4 rings (SSSR count). The van der Waals surface area contributed by atoms with Crippen molar-refractivity contribution in [3.63, 3.8) is 0 Å². The Morgan fingerprint density at radius 1 is 1.26 bits per heavy atom. The average molecular weight is 365 g/mol. The number of anilines is 1. The molecule has 1 saturated heterocycles. The third-order valence-corrected chi connectivity index (χ3v) is 5.12. The molecule has 1 atom stereocenters. The first-order chi connectivity index (χ1) is 13.0. The number of aryl methyl sites for hydroxylation is 2. The summed E-state index contributed by atoms with van der Waals surface area (Å²) in [5, 5.41) is 8.55. The molecule has 1 fully saturated rings. The van der Waals surface area contributed by atoms with Crippen molar-refractivity contribution in [1.82, 2.24) is 19.9 Å². The molecule has 4 heterocycles. The highest BCUT2D eigenvalue weighted by Gasteiger charge is 2.21. The van der Waals surface area contributed by atoms with E-state index in [-0.39, 0.29) is 5.56 Å². The van der Waals surface area contributed by atoms with Crippen LogP contribution in [0.25, 0.3) is 11.3 Å². The van der Waals surface area contributed by atoms with E-state index in [0.717, 1.165) is 42.0 Å². The van der Waals surface area contributed by atoms with Crippen LogP contribution in [0.1, 0.15) is 30.4 Å². The fraction of sp³-hybridized carbons (Fsp3) is 0.400. The molecule has 0 radical (unpaired) electrons. The van der Waals surface area contributed by atoms with Crippen LogP contribution in [-0.2, 0) is 6.54 Å². The normalized spacial score (nSPS) is 16.9. The van der Waals surface area contributed by atoms with Crippen molar-refractivity contribution in [2.45, 2.75) is 33.7 Å². The maximum Gasteiger partial charge on any atom is 0.269 e. The van der Waals surface area contributed by atoms with Gasteiger partial charge in [-0.25, -0.2) is 4.68 Å². The van der Waals surface area contributed by atoms with Gasteiger partial charge in [-0.1, -0.05) is 12.1 Å². The third kappa shape index (κ3) is 3.49. The largest absolute Gasteiger partial charge is 0.370 e. The number of pyridine rings is 1. The van der Waals surface area contributed by atoms with Crippen LogP contribution in [0.4, 0.5) is 5.69 Å². The summed E-state index contributed by atoms with van der Waals surface area (Å²) in [6, 6.07) is 5.55. The van der Waals surface area contributed by atoms with Crippen molar-refractivity contribution in [3.05, 3.63) is 58.0 Å². The summed E-state index contributed by atoms with van der Waals surface area (Å²) in [6.07, 6.45) is 4.69. The fourth-order valence-electron chi connectivity index (χ4n) is 3.45. The first kappa shape index (κ1) is 17.5. The Balaban J connectivity index is 1.62. The molecule has 0 aromatic carbocycles. The van der Waals surface area contributed by atoms with E-state index in [1.165, 1.54) is 4.68 Å². The van der Waals surface area contributed by atoms with Crippen molar-refractivity contribution in [2.24, 2.45) is 5.92 Å². The number of hydrogen-bond donors (Lipinski definition) is 0. The lowest BCUT2D eigenvalue weighted by atomic mass is 10.1. The van der Waals surface area contributed by atoms with Crippen LogP contribution in [0.5, 0.6) is 0 Å². The summed E-state index contributed by atoms with van der Waals surface area (Å²) in [4.78, 5) is 19.2. The molecule has 0 bridgehead atoms. The minimum Gasteiger partial charge on any atom is -0.370 e. The van der Waals surface area contributed by atoms with E-state index in [2.05, 4.69) is 27.1 Å². The molecule has 3 aromatic heterocycles. The van der Waals surface area contributed by atoms with Gasteiger partial charge in [0.25, 0.3) is 5.56 Å². The number of nitrogens with zero attached hydrogens (tertiary/aromatic N) is 5. The molecule has 0 aliphatic carbocycles. The van der Waals surface area contributed by atoms with Crippen LogP contribution in [0.2, 0.25) is 0 Å². The average Bonchev–Trinajstić information content (AvgIpc) is 3.24. The van der Waals surface area contributed by atoms with E-state index in [1.54, 1.807) is 18.5 Å². The van der Waals surface area contributed by atoms with Gasteiger partial charge in [0.05, 0.1) is 18.4 Å². The summed E-state index contributed by atoms with van der Waals surface area (Å²) in [6.45, 7) is 8.27. The summed E-state index contributed by atoms with van der Waals surface area (Å²) >= 11 is 0. The van der Waals surface area contributed by atoms with Crippen LogP contribution >= 0.6 is 0 Å². The van der Waals surface area contributed by atoms with Gasteiger partial charge in [-0.15, -0.1) is 0 Å². The lowest BCUT2D eigenvalue weighted by molar-refractivity contribution is 0.397. The molecule has 1 aliphatic rings. The highest BCUT2D eigenvalue weighted by Crippen LogP contribution is 2.26. The van der Waals surface area contributed by atoms with Crippen LogP contribution in [0.3, 0.4) is 0 Å². The minimum atomic E-state index is -0.124. The SMILES string of the molecule is Cc1ccc(-c2noc(C)c2Cn2ncc(N3CCC(C)C3)cc2=O)cn1. The highest BCUT2D eigenvalue weighted by molar-refractivity contribution is 5.62. The molecule has 27 heavy (non-hydrogen) atoms. The Kier molecular flexibility index (Phi) is 4.51. The summed E-state index contributed by atoms with van der Waals surface area (Å²) in [5.41, 5.74) is 4.11. The summed E-state index contributed by atoms with van der Waals surface area (Å²) in [7, 11) is 0. The maximum absolute atomic E-state index is 12.6. The van der Waals surface area contributed by atoms with Gasteiger partial charge in [-0.05, 0) is 38.3 Å². The minimum absolute atomic E-state index is 0.124. The number of hydrogen-bond acceptors (Lipinski definition) is 6. The monoisotopic (exact) mass is 365 g/mol. The topological polar surface area (TPSA) is 77.0 Å². The zero-order chi connectivity index (χ0) is 19.0. The molecule has 0 N–H and O–H groups in total. The van der Waals surface area contributed by atoms with E-state index < -0.39 is 0 Å². The standard InChI is InChI=1S/C20H23N5O2/c1-13-6-7-24(11-13)17-8-19(26)25(22-10-17)12-18-15(3)27-23-20(18)16-5-4-14(2)21-9-16/h4-5,8-10,13H,6-7,11-12H2,1-3H3. The first-order valence-electron chi connectivity index (χ1n) is 9.21. The molecule has 1 unspecified atom stereocenters. The molecule has 7 heteroatoms. The summed E-state index contributed by atoms with van der Waals surface area (Å²) < 4.78 is 6.83. The second kappa shape index (κ2) is 6.98. The van der Waals surface area contributed by atoms with Crippen LogP contribution in [0.15, 0.2) is 39.9 Å². The predicted octanol–water partition coefficient (Wildman–Crippen LogP) is 2.80. The van der Waals surface area contributed by atoms with E-state index >= 15 is 0 Å². The molecule has 140 valence electrons. The Morgan fingerprint density at radius 3 is 2.78 bits per heavy atom. The zero-order valence-electron chi connectivity index (χ0n) is 15.8. The molecular formula is C20H23N5O2. The molecule has 0 saturated carbocycles. The molecule has 0 spiro atoms. The molecule has 0 amide bonds. The van der Waals surface area contributed by atoms with E-state index in [4.69, 9.17) is 4.52 Å². The number of rotatable bonds is 4. The van der Waals surface area contributed by atoms with E-state index in [1.807, 2.05) is 26.0 Å². The Morgan fingerprint density at radius 2 is 2.11 bits per heavy atom. The lowest BCUT2D eigenvalue weighted by Crippen LogP contribution is -2.27. The van der Waals surface area contributed by atoms with E-state index in [0.29, 0.717) is 23.9 Å². The maximum atomic E-state index is 12.6. The van der Waals surface area contributed by atoms with Gasteiger partial charge in [0.1, 0.15) is 11.5 Å². The highest BCUT2D eigenvalue weighted by atomic mass is 16.5. The van der Waals surface area contributed by atoms with Crippen molar-refractivity contribution in [3.8, 4) is 11.3 Å². The smallest absolute Gasteiger partial charge is 0.269 e. The van der Waals surface area contributed by atoms with Crippen molar-refractivity contribution < 1.29 is 4.52 Å². The molecular weight excluding hydrogens is 342 g/mol. The van der Waals surface area contributed by atoms with Gasteiger partial charge < -0.3 is 9.42 Å². The van der Waals surface area contributed by atoms with Gasteiger partial charge in [0.15, 0.2) is 0 Å². The van der Waals surface area contributed by atoms with Crippen molar-refractivity contribution in [1.29, 1.82) is 0 Å². The van der Waals surface area contributed by atoms with Gasteiger partial charge >= 0.3 is 0 Å². The fourth-order valence-corrected chi connectivity index (χ4v) is 3.45.